The molecular weight excluding hydrogens is 737 g/mol. The minimum Gasteiger partial charge on any atom is -0.497 e. The van der Waals surface area contributed by atoms with E-state index < -0.39 is 0 Å². The smallest absolute Gasteiger partial charge is 0.119 e. The van der Waals surface area contributed by atoms with Crippen LogP contribution in [-0.4, -0.2) is 37.6 Å². The normalized spacial score (nSPS) is 12.2. The van der Waals surface area contributed by atoms with Crippen LogP contribution < -0.4 is 18.9 Å². The maximum atomic E-state index is 5.68. The molecule has 0 aliphatic heterocycles. The number of aromatic nitrogens is 2. The summed E-state index contributed by atoms with van der Waals surface area (Å²) in [7, 11) is 6.89. The standard InChI is InChI=1S/C43H30N2O4S4/c1-21-14-36-43(50-21)39-30-19-37(44-32-10-6-22(46-2)15-26(32)27-16-23(47-3)7-11-33(27)44)52-41(30)42-31(40(39)51-36)20-38(53-42)45-34-12-8-24(48-4)17-28(34)29-18-25(49-5)9-13-35(29)45/h6-20H,1-5H3. The van der Waals surface area contributed by atoms with Crippen molar-refractivity contribution < 1.29 is 18.9 Å². The summed E-state index contributed by atoms with van der Waals surface area (Å²) >= 11 is 7.57. The molecule has 0 aliphatic rings. The van der Waals surface area contributed by atoms with E-state index in [0.29, 0.717) is 0 Å². The lowest BCUT2D eigenvalue weighted by Gasteiger charge is -2.05. The summed E-state index contributed by atoms with van der Waals surface area (Å²) in [5.74, 6) is 3.34. The van der Waals surface area contributed by atoms with Crippen LogP contribution >= 0.6 is 45.3 Å². The van der Waals surface area contributed by atoms with Gasteiger partial charge in [0.1, 0.15) is 33.0 Å². The molecule has 6 nitrogen and oxygen atoms in total. The lowest BCUT2D eigenvalue weighted by molar-refractivity contribution is 0.415. The molecular formula is C43H30N2O4S4. The highest BCUT2D eigenvalue weighted by atomic mass is 32.1. The van der Waals surface area contributed by atoms with E-state index in [1.54, 1.807) is 28.4 Å². The van der Waals surface area contributed by atoms with Crippen LogP contribution in [0.3, 0.4) is 0 Å². The van der Waals surface area contributed by atoms with Crippen LogP contribution in [0.1, 0.15) is 4.88 Å². The molecule has 0 saturated heterocycles. The van der Waals surface area contributed by atoms with Crippen molar-refractivity contribution in [2.45, 2.75) is 6.92 Å². The van der Waals surface area contributed by atoms with Gasteiger partial charge in [-0.25, -0.2) is 0 Å². The van der Waals surface area contributed by atoms with Crippen LogP contribution in [0.2, 0.25) is 0 Å². The summed E-state index contributed by atoms with van der Waals surface area (Å²) in [6.07, 6.45) is 0. The molecule has 10 heteroatoms. The summed E-state index contributed by atoms with van der Waals surface area (Å²) in [5, 5.41) is 10.9. The van der Waals surface area contributed by atoms with Gasteiger partial charge < -0.3 is 28.1 Å². The van der Waals surface area contributed by atoms with Crippen LogP contribution in [0.4, 0.5) is 0 Å². The van der Waals surface area contributed by atoms with Gasteiger partial charge in [-0.15, -0.1) is 45.3 Å². The van der Waals surface area contributed by atoms with Crippen molar-refractivity contribution in [1.29, 1.82) is 0 Å². The Hall–Kier alpha value is -5.26. The second kappa shape index (κ2) is 11.4. The molecule has 0 aliphatic carbocycles. The molecule has 260 valence electrons. The van der Waals surface area contributed by atoms with E-state index in [4.69, 9.17) is 18.9 Å². The van der Waals surface area contributed by atoms with E-state index in [9.17, 15) is 0 Å². The van der Waals surface area contributed by atoms with Crippen molar-refractivity contribution >= 4 is 129 Å². The Bertz CT molecular complexity index is 3190. The maximum Gasteiger partial charge on any atom is 0.119 e. The molecule has 5 aromatic carbocycles. The van der Waals surface area contributed by atoms with Crippen molar-refractivity contribution in [1.82, 2.24) is 9.13 Å². The topological polar surface area (TPSA) is 46.8 Å². The summed E-state index contributed by atoms with van der Waals surface area (Å²) in [4.78, 5) is 1.34. The highest BCUT2D eigenvalue weighted by Crippen LogP contribution is 2.53. The number of fused-ring (bicyclic) bond motifs is 14. The number of benzene rings is 5. The summed E-state index contributed by atoms with van der Waals surface area (Å²) in [6, 6.07) is 32.7. The van der Waals surface area contributed by atoms with Gasteiger partial charge in [-0.1, -0.05) is 0 Å². The van der Waals surface area contributed by atoms with E-state index in [1.165, 1.54) is 54.5 Å². The van der Waals surface area contributed by atoms with E-state index in [-0.39, 0.29) is 0 Å². The molecule has 11 rings (SSSR count). The number of hydrogen-bond donors (Lipinski definition) is 0. The number of methoxy groups -OCH3 is 4. The largest absolute Gasteiger partial charge is 0.497 e. The highest BCUT2D eigenvalue weighted by Gasteiger charge is 2.24. The van der Waals surface area contributed by atoms with Gasteiger partial charge in [-0.05, 0) is 97.9 Å². The van der Waals surface area contributed by atoms with Gasteiger partial charge in [-0.3, -0.25) is 0 Å². The van der Waals surface area contributed by atoms with Crippen LogP contribution in [-0.2, 0) is 0 Å². The third-order valence-electron chi connectivity index (χ3n) is 10.4. The molecule has 11 aromatic rings. The fraction of sp³-hybridized carbons (Fsp3) is 0.116. The Kier molecular flexibility index (Phi) is 6.71. The first kappa shape index (κ1) is 31.3. The average molecular weight is 767 g/mol. The van der Waals surface area contributed by atoms with Crippen LogP contribution in [0, 0.1) is 6.92 Å². The van der Waals surface area contributed by atoms with Crippen molar-refractivity contribution in [2.24, 2.45) is 0 Å². The zero-order valence-electron chi connectivity index (χ0n) is 29.3. The molecule has 6 heterocycles. The molecule has 0 radical (unpaired) electrons. The number of hydrogen-bond acceptors (Lipinski definition) is 8. The second-order valence-electron chi connectivity index (χ2n) is 13.2. The lowest BCUT2D eigenvalue weighted by Crippen LogP contribution is -1.90. The highest BCUT2D eigenvalue weighted by molar-refractivity contribution is 7.35. The van der Waals surface area contributed by atoms with Crippen LogP contribution in [0.5, 0.6) is 23.0 Å². The third-order valence-corrected chi connectivity index (χ3v) is 15.2. The van der Waals surface area contributed by atoms with Crippen LogP contribution in [0.25, 0.3) is 93.3 Å². The van der Waals surface area contributed by atoms with Crippen molar-refractivity contribution in [3.8, 4) is 33.0 Å². The number of ether oxygens (including phenoxy) is 4. The molecule has 53 heavy (non-hydrogen) atoms. The van der Waals surface area contributed by atoms with E-state index in [0.717, 1.165) is 66.6 Å². The Morgan fingerprint density at radius 3 is 1.25 bits per heavy atom. The lowest BCUT2D eigenvalue weighted by atomic mass is 10.1. The fourth-order valence-corrected chi connectivity index (χ4v) is 13.3. The van der Waals surface area contributed by atoms with E-state index in [2.05, 4.69) is 107 Å². The number of thiophene rings is 4. The number of nitrogens with zero attached hydrogens (tertiary/aromatic N) is 2. The van der Waals surface area contributed by atoms with Gasteiger partial charge in [0.2, 0.25) is 0 Å². The first-order valence-corrected chi connectivity index (χ1v) is 20.4. The van der Waals surface area contributed by atoms with E-state index >= 15 is 0 Å². The monoisotopic (exact) mass is 766 g/mol. The van der Waals surface area contributed by atoms with Gasteiger partial charge in [0.05, 0.1) is 64.6 Å². The Labute approximate surface area is 319 Å². The van der Waals surface area contributed by atoms with Gasteiger partial charge in [0.15, 0.2) is 0 Å². The van der Waals surface area contributed by atoms with E-state index in [1.807, 2.05) is 45.3 Å². The SMILES string of the molecule is COc1ccc2c(c1)c1cc(OC)ccc1n2-c1cc2c(s1)c1sc(-n3c4ccc(OC)cc4c4cc(OC)ccc43)cc1c1c3sc(C)cc3sc21. The van der Waals surface area contributed by atoms with Gasteiger partial charge in [-0.2, -0.15) is 0 Å². The minimum absolute atomic E-state index is 0.834. The molecule has 0 fully saturated rings. The first-order chi connectivity index (χ1) is 26.0. The summed E-state index contributed by atoms with van der Waals surface area (Å²) < 4.78 is 34.2. The van der Waals surface area contributed by atoms with Gasteiger partial charge in [0.25, 0.3) is 0 Å². The number of aryl methyl sites for hydroxylation is 1. The van der Waals surface area contributed by atoms with Crippen molar-refractivity contribution in [3.63, 3.8) is 0 Å². The second-order valence-corrected chi connectivity index (χ2v) is 17.6. The van der Waals surface area contributed by atoms with Crippen molar-refractivity contribution in [2.75, 3.05) is 28.4 Å². The quantitative estimate of drug-likeness (QED) is 0.169. The molecule has 0 spiro atoms. The zero-order chi connectivity index (χ0) is 35.7. The predicted molar refractivity (Wildman–Crippen MR) is 228 cm³/mol. The van der Waals surface area contributed by atoms with Crippen LogP contribution in [0.15, 0.2) is 91.0 Å². The van der Waals surface area contributed by atoms with Gasteiger partial charge in [0, 0.05) is 52.0 Å². The molecule has 0 saturated carbocycles. The third kappa shape index (κ3) is 4.34. The minimum atomic E-state index is 0.834. The fourth-order valence-electron chi connectivity index (χ4n) is 8.05. The summed E-state index contributed by atoms with van der Waals surface area (Å²) in [6.45, 7) is 2.22. The number of rotatable bonds is 6. The molecule has 0 N–H and O–H groups in total. The average Bonchev–Trinajstić information content (AvgIpc) is 4.03. The first-order valence-electron chi connectivity index (χ1n) is 17.1. The van der Waals surface area contributed by atoms with Gasteiger partial charge >= 0.3 is 0 Å². The Morgan fingerprint density at radius 2 is 0.811 bits per heavy atom. The Morgan fingerprint density at radius 1 is 0.396 bits per heavy atom. The van der Waals surface area contributed by atoms with Crippen molar-refractivity contribution in [3.05, 3.63) is 95.9 Å². The molecule has 0 bridgehead atoms. The zero-order valence-corrected chi connectivity index (χ0v) is 32.6. The molecule has 0 atom stereocenters. The maximum absolute atomic E-state index is 5.68. The molecule has 6 aromatic heterocycles. The Balaban J connectivity index is 1.24. The molecule has 0 amide bonds. The predicted octanol–water partition coefficient (Wildman–Crippen LogP) is 13.1. The molecule has 0 unspecified atom stereocenters. The summed E-state index contributed by atoms with van der Waals surface area (Å²) in [5.41, 5.74) is 4.55.